The second-order valence-corrected chi connectivity index (χ2v) is 6.01. The molecule has 2 rings (SSSR count). The van der Waals surface area contributed by atoms with Gasteiger partial charge in [0.05, 0.1) is 5.92 Å². The monoisotopic (exact) mass is 260 g/mol. The minimum Gasteiger partial charge on any atom is -0.426 e. The van der Waals surface area contributed by atoms with Gasteiger partial charge in [0.2, 0.25) is 0 Å². The zero-order chi connectivity index (χ0) is 14.0. The molecule has 1 fully saturated rings. The summed E-state index contributed by atoms with van der Waals surface area (Å²) in [6, 6.07) is 3.94. The van der Waals surface area contributed by atoms with Gasteiger partial charge in [0.25, 0.3) is 0 Å². The normalized spacial score (nSPS) is 23.2. The Kier molecular flexibility index (Phi) is 4.28. The first kappa shape index (κ1) is 14.1. The lowest BCUT2D eigenvalue weighted by Gasteiger charge is -2.24. The fourth-order valence-electron chi connectivity index (χ4n) is 2.73. The fourth-order valence-corrected chi connectivity index (χ4v) is 2.73. The molecule has 1 saturated carbocycles. The van der Waals surface area contributed by atoms with E-state index in [-0.39, 0.29) is 11.9 Å². The smallest absolute Gasteiger partial charge is 0.314 e. The van der Waals surface area contributed by atoms with Crippen molar-refractivity contribution < 1.29 is 9.53 Å². The lowest BCUT2D eigenvalue weighted by Crippen LogP contribution is -2.25. The van der Waals surface area contributed by atoms with Crippen LogP contribution in [0.15, 0.2) is 12.1 Å². The second kappa shape index (κ2) is 5.77. The van der Waals surface area contributed by atoms with E-state index in [0.717, 1.165) is 42.9 Å². The fraction of sp³-hybridized carbons (Fsp3) is 0.588. The highest BCUT2D eigenvalue weighted by Gasteiger charge is 2.26. The van der Waals surface area contributed by atoms with E-state index in [0.29, 0.717) is 0 Å². The average molecular weight is 260 g/mol. The van der Waals surface area contributed by atoms with Crippen molar-refractivity contribution in [2.45, 2.75) is 53.4 Å². The maximum absolute atomic E-state index is 12.2. The number of aryl methyl sites for hydroxylation is 1. The molecule has 1 aromatic rings. The summed E-state index contributed by atoms with van der Waals surface area (Å²) in [4.78, 5) is 12.2. The van der Waals surface area contributed by atoms with Crippen molar-refractivity contribution in [1.29, 1.82) is 0 Å². The van der Waals surface area contributed by atoms with Crippen LogP contribution < -0.4 is 4.74 Å². The summed E-state index contributed by atoms with van der Waals surface area (Å²) in [6.45, 7) is 8.43. The van der Waals surface area contributed by atoms with E-state index in [1.165, 1.54) is 11.1 Å². The quantitative estimate of drug-likeness (QED) is 0.584. The van der Waals surface area contributed by atoms with Gasteiger partial charge in [-0.15, -0.1) is 0 Å². The Bertz CT molecular complexity index is 468. The van der Waals surface area contributed by atoms with Crippen LogP contribution in [0.2, 0.25) is 0 Å². The second-order valence-electron chi connectivity index (χ2n) is 6.01. The molecule has 0 spiro atoms. The van der Waals surface area contributed by atoms with E-state index < -0.39 is 0 Å². The van der Waals surface area contributed by atoms with E-state index in [1.54, 1.807) is 0 Å². The van der Waals surface area contributed by atoms with Gasteiger partial charge in [-0.25, -0.2) is 0 Å². The minimum atomic E-state index is -0.0433. The molecule has 0 radical (unpaired) electrons. The van der Waals surface area contributed by atoms with Crippen molar-refractivity contribution in [1.82, 2.24) is 0 Å². The Balaban J connectivity index is 2.05. The van der Waals surface area contributed by atoms with Gasteiger partial charge in [-0.2, -0.15) is 0 Å². The zero-order valence-electron chi connectivity index (χ0n) is 12.5. The molecule has 0 N–H and O–H groups in total. The van der Waals surface area contributed by atoms with Crippen molar-refractivity contribution >= 4 is 5.97 Å². The van der Waals surface area contributed by atoms with Crippen LogP contribution in [0.1, 0.15) is 49.3 Å². The molecule has 19 heavy (non-hydrogen) atoms. The average Bonchev–Trinajstić information content (AvgIpc) is 2.40. The number of carbonyl (C=O) groups is 1. The summed E-state index contributed by atoms with van der Waals surface area (Å²) in [5, 5.41) is 0. The van der Waals surface area contributed by atoms with Crippen LogP contribution >= 0.6 is 0 Å². The standard InChI is InChI=1S/C17H24O2/c1-11-5-8-15(9-6-11)17(18)19-16-10-7-12(2)13(3)14(16)4/h7,10-11,15H,5-6,8-9H2,1-4H3. The van der Waals surface area contributed by atoms with Crippen LogP contribution in [-0.2, 0) is 4.79 Å². The summed E-state index contributed by atoms with van der Waals surface area (Å²) in [6.07, 6.45) is 4.24. The summed E-state index contributed by atoms with van der Waals surface area (Å²) in [5.74, 6) is 1.54. The molecule has 0 aliphatic heterocycles. The van der Waals surface area contributed by atoms with Crippen molar-refractivity contribution in [3.63, 3.8) is 0 Å². The lowest BCUT2D eigenvalue weighted by molar-refractivity contribution is -0.140. The van der Waals surface area contributed by atoms with Crippen LogP contribution in [0.4, 0.5) is 0 Å². The Morgan fingerprint density at radius 3 is 2.32 bits per heavy atom. The van der Waals surface area contributed by atoms with Crippen molar-refractivity contribution in [3.05, 3.63) is 28.8 Å². The largest absolute Gasteiger partial charge is 0.426 e. The third-order valence-electron chi connectivity index (χ3n) is 4.57. The molecule has 0 atom stereocenters. The first-order valence-electron chi connectivity index (χ1n) is 7.27. The van der Waals surface area contributed by atoms with Gasteiger partial charge in [0, 0.05) is 0 Å². The first-order valence-corrected chi connectivity index (χ1v) is 7.27. The van der Waals surface area contributed by atoms with E-state index in [4.69, 9.17) is 4.74 Å². The molecular formula is C17H24O2. The highest BCUT2D eigenvalue weighted by Crippen LogP contribution is 2.31. The van der Waals surface area contributed by atoms with Crippen LogP contribution in [0.5, 0.6) is 5.75 Å². The Labute approximate surface area is 116 Å². The van der Waals surface area contributed by atoms with E-state index >= 15 is 0 Å². The topological polar surface area (TPSA) is 26.3 Å². The van der Waals surface area contributed by atoms with Crippen molar-refractivity contribution in [2.75, 3.05) is 0 Å². The molecule has 2 nitrogen and oxygen atoms in total. The summed E-state index contributed by atoms with van der Waals surface area (Å²) in [7, 11) is 0. The van der Waals surface area contributed by atoms with Gasteiger partial charge in [0.1, 0.15) is 5.75 Å². The number of rotatable bonds is 2. The van der Waals surface area contributed by atoms with Crippen LogP contribution in [0.25, 0.3) is 0 Å². The van der Waals surface area contributed by atoms with E-state index in [1.807, 2.05) is 19.1 Å². The molecule has 0 aromatic heterocycles. The molecule has 0 amide bonds. The predicted octanol–water partition coefficient (Wildman–Crippen LogP) is 4.34. The number of esters is 1. The molecule has 2 heteroatoms. The number of hydrogen-bond donors (Lipinski definition) is 0. The van der Waals surface area contributed by atoms with Gasteiger partial charge in [-0.3, -0.25) is 4.79 Å². The first-order chi connectivity index (χ1) is 8.99. The molecule has 1 aromatic carbocycles. The van der Waals surface area contributed by atoms with Gasteiger partial charge in [-0.1, -0.05) is 13.0 Å². The molecule has 0 saturated heterocycles. The number of ether oxygens (including phenoxy) is 1. The Hall–Kier alpha value is -1.31. The number of carbonyl (C=O) groups excluding carboxylic acids is 1. The molecule has 0 unspecified atom stereocenters. The third kappa shape index (κ3) is 3.17. The van der Waals surface area contributed by atoms with Gasteiger partial charge < -0.3 is 4.74 Å². The van der Waals surface area contributed by atoms with Crippen LogP contribution in [-0.4, -0.2) is 5.97 Å². The summed E-state index contributed by atoms with van der Waals surface area (Å²) >= 11 is 0. The zero-order valence-corrected chi connectivity index (χ0v) is 12.5. The van der Waals surface area contributed by atoms with Crippen LogP contribution in [0, 0.1) is 32.6 Å². The summed E-state index contributed by atoms with van der Waals surface area (Å²) < 4.78 is 5.62. The molecule has 0 bridgehead atoms. The lowest BCUT2D eigenvalue weighted by atomic mass is 9.83. The van der Waals surface area contributed by atoms with E-state index in [9.17, 15) is 4.79 Å². The highest BCUT2D eigenvalue weighted by molar-refractivity contribution is 5.75. The molecular weight excluding hydrogens is 236 g/mol. The van der Waals surface area contributed by atoms with Crippen LogP contribution in [0.3, 0.4) is 0 Å². The SMILES string of the molecule is Cc1ccc(OC(=O)C2CCC(C)CC2)c(C)c1C. The number of benzene rings is 1. The highest BCUT2D eigenvalue weighted by atomic mass is 16.5. The van der Waals surface area contributed by atoms with Gasteiger partial charge >= 0.3 is 5.97 Å². The van der Waals surface area contributed by atoms with Crippen molar-refractivity contribution in [3.8, 4) is 5.75 Å². The molecule has 1 aliphatic carbocycles. The van der Waals surface area contributed by atoms with Gasteiger partial charge in [0.15, 0.2) is 0 Å². The Morgan fingerprint density at radius 1 is 1.05 bits per heavy atom. The summed E-state index contributed by atoms with van der Waals surface area (Å²) in [5.41, 5.74) is 3.53. The Morgan fingerprint density at radius 2 is 1.68 bits per heavy atom. The predicted molar refractivity (Wildman–Crippen MR) is 77.4 cm³/mol. The number of hydrogen-bond acceptors (Lipinski definition) is 2. The maximum atomic E-state index is 12.2. The van der Waals surface area contributed by atoms with Gasteiger partial charge in [-0.05, 0) is 75.1 Å². The maximum Gasteiger partial charge on any atom is 0.314 e. The molecule has 104 valence electrons. The van der Waals surface area contributed by atoms with E-state index in [2.05, 4.69) is 20.8 Å². The molecule has 1 aliphatic rings. The van der Waals surface area contributed by atoms with Crippen molar-refractivity contribution in [2.24, 2.45) is 11.8 Å². The minimum absolute atomic E-state index is 0.0433. The third-order valence-corrected chi connectivity index (χ3v) is 4.57. The molecule has 0 heterocycles.